The molecule has 10 rings (SSSR count). The number of aliphatic imine (C=N–C) groups is 4. The lowest BCUT2D eigenvalue weighted by molar-refractivity contribution is 0.176. The molecule has 6 aromatic rings. The van der Waals surface area contributed by atoms with E-state index in [0.29, 0.717) is 52.6 Å². The van der Waals surface area contributed by atoms with E-state index in [-0.39, 0.29) is 33.6 Å². The van der Waals surface area contributed by atoms with Crippen molar-refractivity contribution in [3.63, 3.8) is 0 Å². The Hall–Kier alpha value is -7.19. The van der Waals surface area contributed by atoms with Gasteiger partial charge in [-0.2, -0.15) is 0 Å². The van der Waals surface area contributed by atoms with Crippen LogP contribution in [0.15, 0.2) is 127 Å². The molecule has 4 aliphatic heterocycles. The van der Waals surface area contributed by atoms with Gasteiger partial charge in [-0.15, -0.1) is 6.42 Å². The van der Waals surface area contributed by atoms with Gasteiger partial charge in [0.2, 0.25) is 0 Å². The fourth-order valence-corrected chi connectivity index (χ4v) is 26.8. The van der Waals surface area contributed by atoms with Gasteiger partial charge >= 0.3 is 26.0 Å². The van der Waals surface area contributed by atoms with Gasteiger partial charge in [0.25, 0.3) is 0 Å². The van der Waals surface area contributed by atoms with Gasteiger partial charge in [-0.05, 0) is 35.3 Å². The average molecular weight is 1060 g/mol. The Bertz CT molecular complexity index is 3620. The Labute approximate surface area is 455 Å². The van der Waals surface area contributed by atoms with Crippen molar-refractivity contribution in [1.29, 1.82) is 0 Å². The van der Waals surface area contributed by atoms with E-state index >= 15 is 0 Å². The minimum atomic E-state index is -4.86. The molecule has 0 spiro atoms. The van der Waals surface area contributed by atoms with Crippen LogP contribution in [0.5, 0.6) is 0 Å². The van der Waals surface area contributed by atoms with E-state index in [9.17, 15) is 0 Å². The summed E-state index contributed by atoms with van der Waals surface area (Å²) in [7, 11) is -12.3. The molecule has 0 aliphatic carbocycles. The second kappa shape index (κ2) is 21.2. The molecule has 4 aromatic carbocycles. The highest BCUT2D eigenvalue weighted by Gasteiger charge is 2.66. The molecule has 0 fully saturated rings. The third kappa shape index (κ3) is 8.98. The van der Waals surface area contributed by atoms with Gasteiger partial charge in [-0.1, -0.05) is 191 Å². The first-order chi connectivity index (χ1) is 36.4. The van der Waals surface area contributed by atoms with Gasteiger partial charge in [-0.3, -0.25) is 8.47 Å². The van der Waals surface area contributed by atoms with E-state index in [1.54, 1.807) is 0 Å². The first-order valence-electron chi connectivity index (χ1n) is 26.3. The van der Waals surface area contributed by atoms with Crippen LogP contribution in [0.1, 0.15) is 135 Å². The molecule has 15 heteroatoms. The summed E-state index contributed by atoms with van der Waals surface area (Å²) >= 11 is 0. The number of benzene rings is 4. The highest BCUT2D eigenvalue weighted by molar-refractivity contribution is 6.87. The minimum absolute atomic E-state index is 0. The molecule has 2 aromatic heterocycles. The van der Waals surface area contributed by atoms with Crippen molar-refractivity contribution in [1.82, 2.24) is 8.47 Å². The Morgan fingerprint density at radius 3 is 1.39 bits per heavy atom. The number of amidine groups is 4. The van der Waals surface area contributed by atoms with Crippen molar-refractivity contribution in [3.05, 3.63) is 130 Å². The summed E-state index contributed by atoms with van der Waals surface area (Å²) in [4.78, 5) is 33.5. The van der Waals surface area contributed by atoms with Crippen molar-refractivity contribution in [2.24, 2.45) is 30.0 Å². The maximum absolute atomic E-state index is 8.76. The molecule has 394 valence electrons. The molecule has 75 heavy (non-hydrogen) atoms. The molecule has 1 atom stereocenters. The van der Waals surface area contributed by atoms with Gasteiger partial charge in [0, 0.05) is 90.7 Å². The predicted molar refractivity (Wildman–Crippen MR) is 325 cm³/mol. The summed E-state index contributed by atoms with van der Waals surface area (Å²) in [5.41, 5.74) is 3.83. The lowest BCUT2D eigenvalue weighted by Crippen LogP contribution is -2.74. The minimum Gasteiger partial charge on any atom is -0.472 e. The first kappa shape index (κ1) is 51.3. The molecule has 6 bridgehead atoms. The van der Waals surface area contributed by atoms with Gasteiger partial charge in [0.1, 0.15) is 28.7 Å². The number of nitrogens with zero attached hydrogens (tertiary/aromatic N) is 8. The zero-order chi connectivity index (χ0) is 52.5. The van der Waals surface area contributed by atoms with E-state index in [0.717, 1.165) is 63.1 Å². The molecule has 0 saturated heterocycles. The number of unbranched alkanes of at least 4 members (excludes halogenated alkanes) is 5. The second-order valence-corrected chi connectivity index (χ2v) is 32.1. The summed E-state index contributed by atoms with van der Waals surface area (Å²) in [6.07, 6.45) is 15.1. The summed E-state index contributed by atoms with van der Waals surface area (Å²) in [6, 6.07) is 32.8. The molecule has 0 amide bonds. The van der Waals surface area contributed by atoms with Gasteiger partial charge in [0.15, 0.2) is 23.3 Å². The van der Waals surface area contributed by atoms with E-state index < -0.39 is 26.0 Å². The van der Waals surface area contributed by atoms with Gasteiger partial charge < -0.3 is 17.1 Å². The zero-order valence-electron chi connectivity index (χ0n) is 44.3. The standard InChI is InChI=1S/C60H62N8O4Si3.8H2/c1-11-13-15-17-19-29-39-69-73(41(3)4,42(5)6)71-75(72-74(43(7)8,44(9)10)70-40-30-20-18-16-14-12-2)67-57-49-35-25-26-36-50(49)59(67)65-55-47-33-23-24-34-48(47)56(62-55)66-60-52-38-28-27-37-51(52)58(68(60)75)64-54-46-32-22-21-31-45(46)53(61-54)63-57;;;;;;;;/h1,21-28,31-38,41-44H,12,14,16,18,20,30,40H2,2-10H3;8*1H. The molecule has 0 N–H and O–H groups in total. The van der Waals surface area contributed by atoms with Crippen LogP contribution in [-0.2, 0) is 17.1 Å². The fourth-order valence-electron chi connectivity index (χ4n) is 10.9. The SMILES string of the molecule is C#CC#CC#CC#CO[Si](O[Si]1(O[Si](OCCCCCCCC)(C(C)C)C(C)C)n2c3c4ccccc4c2N=C2N=C(N=c4c5ccccc5c(n41)=NC1=NC(=N3)c3ccccc31)c1ccccc12)(C(C)C)C(C)C.[HH].[HH].[HH].[HH].[HH].[HH].[HH].[HH]. The van der Waals surface area contributed by atoms with Crippen LogP contribution in [-0.4, -0.2) is 64.4 Å². The summed E-state index contributed by atoms with van der Waals surface area (Å²) < 4.78 is 36.5. The fraction of sp³-hybridized carbons (Fsp3) is 0.333. The van der Waals surface area contributed by atoms with Gasteiger partial charge in [0.05, 0.1) is 0 Å². The molecular weight excluding hydrogens is 981 g/mol. The maximum atomic E-state index is 8.76. The number of hydrogen-bond acceptors (Lipinski definition) is 10. The smallest absolute Gasteiger partial charge is 0.472 e. The average Bonchev–Trinajstić information content (AvgIpc) is 4.12. The molecule has 1 unspecified atom stereocenters. The highest BCUT2D eigenvalue weighted by Crippen LogP contribution is 2.49. The van der Waals surface area contributed by atoms with E-state index in [1.807, 2.05) is 48.5 Å². The summed E-state index contributed by atoms with van der Waals surface area (Å²) in [6.45, 7) is 20.2. The topological polar surface area (TPSA) is 121 Å². The van der Waals surface area contributed by atoms with Crippen LogP contribution < -0.4 is 11.0 Å². The molecule has 0 saturated carbocycles. The number of hydrogen-bond donors (Lipinski definition) is 0. The largest absolute Gasteiger partial charge is 0.586 e. The van der Waals surface area contributed by atoms with Crippen molar-refractivity contribution in [2.45, 2.75) is 123 Å². The Morgan fingerprint density at radius 1 is 0.493 bits per heavy atom. The second-order valence-electron chi connectivity index (χ2n) is 20.5. The Morgan fingerprint density at radius 2 is 0.907 bits per heavy atom. The zero-order valence-corrected chi connectivity index (χ0v) is 47.3. The van der Waals surface area contributed by atoms with Crippen molar-refractivity contribution in [3.8, 4) is 48.1 Å². The number of fused-ring (bicyclic) bond motifs is 14. The number of rotatable bonds is 17. The third-order valence-electron chi connectivity index (χ3n) is 14.5. The van der Waals surface area contributed by atoms with Crippen LogP contribution in [0.25, 0.3) is 21.5 Å². The summed E-state index contributed by atoms with van der Waals surface area (Å²) in [5.74, 6) is 19.1. The third-order valence-corrected chi connectivity index (χ3v) is 28.7. The maximum Gasteiger partial charge on any atom is 0.586 e. The molecule has 12 nitrogen and oxygen atoms in total. The van der Waals surface area contributed by atoms with E-state index in [4.69, 9.17) is 53.5 Å². The monoisotopic (exact) mass is 1060 g/mol. The number of terminal acetylenes is 1. The Balaban J connectivity index is 0.00000294. The highest BCUT2D eigenvalue weighted by atomic mass is 28.5. The van der Waals surface area contributed by atoms with Crippen LogP contribution >= 0.6 is 0 Å². The summed E-state index contributed by atoms with van der Waals surface area (Å²) in [5, 5.41) is 3.27. The van der Waals surface area contributed by atoms with Crippen LogP contribution in [0.2, 0.25) is 22.2 Å². The predicted octanol–water partition coefficient (Wildman–Crippen LogP) is 13.9. The molecule has 0 radical (unpaired) electrons. The lowest BCUT2D eigenvalue weighted by atomic mass is 10.1. The Kier molecular flexibility index (Phi) is 14.5. The first-order valence-corrected chi connectivity index (χ1v) is 32.0. The van der Waals surface area contributed by atoms with Crippen molar-refractivity contribution >= 4 is 82.5 Å². The van der Waals surface area contributed by atoms with Crippen LogP contribution in [0.3, 0.4) is 0 Å². The normalized spacial score (nSPS) is 16.0. The van der Waals surface area contributed by atoms with Gasteiger partial charge in [-0.25, -0.2) is 30.0 Å². The van der Waals surface area contributed by atoms with E-state index in [2.05, 4.69) is 161 Å². The molecule has 6 heterocycles. The van der Waals surface area contributed by atoms with Crippen molar-refractivity contribution < 1.29 is 28.5 Å². The molecule has 4 aliphatic rings. The quantitative estimate of drug-likeness (QED) is 0.0513. The van der Waals surface area contributed by atoms with Crippen LogP contribution in [0, 0.1) is 48.1 Å². The van der Waals surface area contributed by atoms with Crippen molar-refractivity contribution in [2.75, 3.05) is 6.61 Å². The molecular formula is C60H78N8O4Si3. The van der Waals surface area contributed by atoms with E-state index in [1.165, 1.54) is 19.3 Å². The lowest BCUT2D eigenvalue weighted by Gasteiger charge is -2.48. The number of aromatic nitrogens is 2. The van der Waals surface area contributed by atoms with Crippen LogP contribution in [0.4, 0.5) is 11.6 Å².